The van der Waals surface area contributed by atoms with Gasteiger partial charge < -0.3 is 14.6 Å². The molecule has 0 fully saturated rings. The molecule has 2 amide bonds. The molecule has 0 spiro atoms. The van der Waals surface area contributed by atoms with E-state index < -0.39 is 29.7 Å². The van der Waals surface area contributed by atoms with Crippen molar-refractivity contribution < 1.29 is 38.2 Å². The molecule has 8 nitrogen and oxygen atoms in total. The van der Waals surface area contributed by atoms with E-state index in [1.54, 1.807) is 30.3 Å². The van der Waals surface area contributed by atoms with Gasteiger partial charge in [0.15, 0.2) is 0 Å². The Labute approximate surface area is 183 Å². The van der Waals surface area contributed by atoms with Gasteiger partial charge in [-0.25, -0.2) is 19.1 Å². The molecule has 0 aliphatic rings. The highest BCUT2D eigenvalue weighted by atomic mass is 19.1. The number of nitrogens with one attached hydrogen (secondary N) is 2. The van der Waals surface area contributed by atoms with Gasteiger partial charge in [0.1, 0.15) is 30.1 Å². The second-order valence-corrected chi connectivity index (χ2v) is 6.69. The van der Waals surface area contributed by atoms with Crippen LogP contribution in [0.2, 0.25) is 0 Å². The van der Waals surface area contributed by atoms with Crippen molar-refractivity contribution in [2.24, 2.45) is 0 Å². The number of rotatable bonds is 10. The Morgan fingerprint density at radius 1 is 1.16 bits per heavy atom. The molecule has 0 unspecified atom stereocenters. The molecular formula is C22H24F2N2O6. The summed E-state index contributed by atoms with van der Waals surface area (Å²) < 4.78 is 37.6. The van der Waals surface area contributed by atoms with Gasteiger partial charge in [0.25, 0.3) is 5.91 Å². The van der Waals surface area contributed by atoms with Crippen LogP contribution in [-0.4, -0.2) is 35.5 Å². The van der Waals surface area contributed by atoms with E-state index in [1.165, 1.54) is 12.4 Å². The van der Waals surface area contributed by atoms with Crippen LogP contribution in [0.25, 0.3) is 0 Å². The predicted molar refractivity (Wildman–Crippen MR) is 111 cm³/mol. The van der Waals surface area contributed by atoms with Gasteiger partial charge in [-0.3, -0.25) is 15.3 Å². The zero-order chi connectivity index (χ0) is 23.5. The van der Waals surface area contributed by atoms with E-state index in [0.717, 1.165) is 12.1 Å². The van der Waals surface area contributed by atoms with Crippen LogP contribution in [0.15, 0.2) is 54.1 Å². The van der Waals surface area contributed by atoms with Crippen LogP contribution in [-0.2, 0) is 9.53 Å². The molecule has 0 aliphatic carbocycles. The molecule has 0 saturated heterocycles. The van der Waals surface area contributed by atoms with Gasteiger partial charge in [0.2, 0.25) is 0 Å². The van der Waals surface area contributed by atoms with Crippen molar-refractivity contribution in [3.8, 4) is 5.75 Å². The summed E-state index contributed by atoms with van der Waals surface area (Å²) in [7, 11) is 0. The number of aliphatic hydroxyl groups excluding tert-OH is 1. The Hall–Kier alpha value is -3.50. The molecule has 0 aliphatic heterocycles. The van der Waals surface area contributed by atoms with Crippen molar-refractivity contribution in [1.29, 1.82) is 0 Å². The SMILES string of the molecule is C/C(=C\CC[C@@H](OC(=O)Nc1ccc(F)cc1F)c1ccc(OCCO)cc1)C(=O)NO. The Balaban J connectivity index is 2.13. The number of aliphatic hydroxyl groups is 1. The number of benzene rings is 2. The van der Waals surface area contributed by atoms with Crippen molar-refractivity contribution in [2.75, 3.05) is 18.5 Å². The first kappa shape index (κ1) is 24.8. The molecule has 32 heavy (non-hydrogen) atoms. The molecule has 2 rings (SSSR count). The van der Waals surface area contributed by atoms with Crippen LogP contribution in [0.3, 0.4) is 0 Å². The van der Waals surface area contributed by atoms with Gasteiger partial charge in [-0.05, 0) is 49.6 Å². The first-order valence-electron chi connectivity index (χ1n) is 9.71. The second-order valence-electron chi connectivity index (χ2n) is 6.69. The van der Waals surface area contributed by atoms with E-state index >= 15 is 0 Å². The smallest absolute Gasteiger partial charge is 0.412 e. The molecular weight excluding hydrogens is 426 g/mol. The van der Waals surface area contributed by atoms with Gasteiger partial charge >= 0.3 is 6.09 Å². The minimum atomic E-state index is -0.949. The minimum Gasteiger partial charge on any atom is -0.491 e. The van der Waals surface area contributed by atoms with Crippen LogP contribution in [0.4, 0.5) is 19.3 Å². The van der Waals surface area contributed by atoms with Gasteiger partial charge in [-0.2, -0.15) is 0 Å². The molecule has 0 saturated carbocycles. The van der Waals surface area contributed by atoms with Crippen LogP contribution in [0.5, 0.6) is 5.75 Å². The number of anilines is 1. The first-order chi connectivity index (χ1) is 15.3. The largest absolute Gasteiger partial charge is 0.491 e. The number of halogens is 2. The third kappa shape index (κ3) is 7.64. The zero-order valence-electron chi connectivity index (χ0n) is 17.3. The van der Waals surface area contributed by atoms with E-state index in [9.17, 15) is 18.4 Å². The van der Waals surface area contributed by atoms with E-state index in [-0.39, 0.29) is 30.9 Å². The number of amides is 2. The summed E-state index contributed by atoms with van der Waals surface area (Å²) in [6.07, 6.45) is 0.441. The molecule has 4 N–H and O–H groups in total. The molecule has 0 aromatic heterocycles. The highest BCUT2D eigenvalue weighted by molar-refractivity contribution is 5.91. The quantitative estimate of drug-likeness (QED) is 0.248. The molecule has 1 atom stereocenters. The molecule has 2 aromatic carbocycles. The minimum absolute atomic E-state index is 0.127. The summed E-state index contributed by atoms with van der Waals surface area (Å²) in [6.45, 7) is 1.50. The normalized spacial score (nSPS) is 12.1. The first-order valence-corrected chi connectivity index (χ1v) is 9.71. The van der Waals surface area contributed by atoms with Crippen molar-refractivity contribution in [2.45, 2.75) is 25.9 Å². The van der Waals surface area contributed by atoms with E-state index in [2.05, 4.69) is 5.32 Å². The number of carbonyl (C=O) groups is 2. The van der Waals surface area contributed by atoms with Crippen LogP contribution in [0.1, 0.15) is 31.4 Å². The van der Waals surface area contributed by atoms with Gasteiger partial charge in [-0.15, -0.1) is 0 Å². The number of hydrogen-bond acceptors (Lipinski definition) is 6. The lowest BCUT2D eigenvalue weighted by Crippen LogP contribution is -2.19. The van der Waals surface area contributed by atoms with Crippen molar-refractivity contribution in [3.05, 3.63) is 71.3 Å². The van der Waals surface area contributed by atoms with Crippen LogP contribution >= 0.6 is 0 Å². The zero-order valence-corrected chi connectivity index (χ0v) is 17.3. The molecule has 0 heterocycles. The summed E-state index contributed by atoms with van der Waals surface area (Å²) in [4.78, 5) is 23.7. The Morgan fingerprint density at radius 2 is 1.88 bits per heavy atom. The van der Waals surface area contributed by atoms with E-state index in [0.29, 0.717) is 23.8 Å². The fraction of sp³-hybridized carbons (Fsp3) is 0.273. The fourth-order valence-corrected chi connectivity index (χ4v) is 2.73. The summed E-state index contributed by atoms with van der Waals surface area (Å²) in [5, 5.41) is 19.8. The highest BCUT2D eigenvalue weighted by Gasteiger charge is 2.18. The van der Waals surface area contributed by atoms with Crippen LogP contribution < -0.4 is 15.5 Å². The van der Waals surface area contributed by atoms with Gasteiger partial charge in [0, 0.05) is 11.6 Å². The maximum absolute atomic E-state index is 13.8. The van der Waals surface area contributed by atoms with Crippen molar-refractivity contribution in [3.63, 3.8) is 0 Å². The molecule has 0 bridgehead atoms. The number of hydroxylamine groups is 1. The molecule has 2 aromatic rings. The average molecular weight is 450 g/mol. The summed E-state index contributed by atoms with van der Waals surface area (Å²) in [5.41, 5.74) is 2.17. The van der Waals surface area contributed by atoms with E-state index in [4.69, 9.17) is 19.8 Å². The fourth-order valence-electron chi connectivity index (χ4n) is 2.73. The Kier molecular flexibility index (Phi) is 9.58. The Morgan fingerprint density at radius 3 is 2.50 bits per heavy atom. The third-order valence-electron chi connectivity index (χ3n) is 4.37. The molecule has 0 radical (unpaired) electrons. The lowest BCUT2D eigenvalue weighted by molar-refractivity contribution is -0.125. The van der Waals surface area contributed by atoms with Gasteiger partial charge in [-0.1, -0.05) is 18.2 Å². The van der Waals surface area contributed by atoms with Crippen molar-refractivity contribution in [1.82, 2.24) is 5.48 Å². The lowest BCUT2D eigenvalue weighted by Gasteiger charge is -2.19. The number of hydrogen-bond donors (Lipinski definition) is 4. The second kappa shape index (κ2) is 12.4. The lowest BCUT2D eigenvalue weighted by atomic mass is 10.0. The Bertz CT molecular complexity index is 950. The maximum Gasteiger partial charge on any atom is 0.412 e. The third-order valence-corrected chi connectivity index (χ3v) is 4.37. The summed E-state index contributed by atoms with van der Waals surface area (Å²) >= 11 is 0. The van der Waals surface area contributed by atoms with Gasteiger partial charge in [0.05, 0.1) is 12.3 Å². The van der Waals surface area contributed by atoms with Crippen LogP contribution in [0, 0.1) is 11.6 Å². The monoisotopic (exact) mass is 450 g/mol. The average Bonchev–Trinajstić information content (AvgIpc) is 2.78. The predicted octanol–water partition coefficient (Wildman–Crippen LogP) is 3.86. The topological polar surface area (TPSA) is 117 Å². The summed E-state index contributed by atoms with van der Waals surface area (Å²) in [5.74, 6) is -1.87. The number of ether oxygens (including phenoxy) is 2. The summed E-state index contributed by atoms with van der Waals surface area (Å²) in [6, 6.07) is 9.32. The standard InChI is InChI=1S/C22H24F2N2O6/c1-14(21(28)26-30)3-2-4-20(15-5-8-17(9-6-15)31-12-11-27)32-22(29)25-19-10-7-16(23)13-18(19)24/h3,5-10,13,20,27,30H,2,4,11-12H2,1H3,(H,25,29)(H,26,28)/b14-3+/t20-/m1/s1. The van der Waals surface area contributed by atoms with Crippen molar-refractivity contribution >= 4 is 17.7 Å². The molecule has 172 valence electrons. The number of allylic oxidation sites excluding steroid dienone is 1. The maximum atomic E-state index is 13.8. The number of carbonyl (C=O) groups excluding carboxylic acids is 2. The van der Waals surface area contributed by atoms with E-state index in [1.807, 2.05) is 0 Å². The highest BCUT2D eigenvalue weighted by Crippen LogP contribution is 2.27. The molecule has 10 heteroatoms.